The Labute approximate surface area is 135 Å². The van der Waals surface area contributed by atoms with Crippen LogP contribution < -0.4 is 10.1 Å². The zero-order chi connectivity index (χ0) is 14.5. The molecule has 0 bridgehead atoms. The Morgan fingerprint density at radius 3 is 2.60 bits per heavy atom. The van der Waals surface area contributed by atoms with E-state index in [2.05, 4.69) is 37.2 Å². The standard InChI is InChI=1S/C15H15Br2NO2/c1-20-12-4-2-3-11(8-12)18-15(9-19)10-5-6-13(16)14(17)7-10/h2-8,15,18-19H,9H2,1H3. The average molecular weight is 401 g/mol. The van der Waals surface area contributed by atoms with Crippen LogP contribution in [0.5, 0.6) is 5.75 Å². The van der Waals surface area contributed by atoms with Crippen molar-refractivity contribution in [3.05, 3.63) is 57.0 Å². The SMILES string of the molecule is COc1cccc(NC(CO)c2ccc(Br)c(Br)c2)c1. The lowest BCUT2D eigenvalue weighted by Gasteiger charge is -2.19. The Balaban J connectivity index is 2.21. The highest BCUT2D eigenvalue weighted by Crippen LogP contribution is 2.28. The number of halogens is 2. The number of benzene rings is 2. The van der Waals surface area contributed by atoms with Gasteiger partial charge in [-0.15, -0.1) is 0 Å². The van der Waals surface area contributed by atoms with Crippen LogP contribution >= 0.6 is 31.9 Å². The molecule has 0 spiro atoms. The van der Waals surface area contributed by atoms with Gasteiger partial charge in [-0.2, -0.15) is 0 Å². The largest absolute Gasteiger partial charge is 0.497 e. The van der Waals surface area contributed by atoms with Crippen molar-refractivity contribution in [3.63, 3.8) is 0 Å². The van der Waals surface area contributed by atoms with Crippen molar-refractivity contribution in [2.45, 2.75) is 6.04 Å². The minimum atomic E-state index is -0.175. The van der Waals surface area contributed by atoms with Gasteiger partial charge in [0.15, 0.2) is 0 Å². The van der Waals surface area contributed by atoms with E-state index in [1.807, 2.05) is 42.5 Å². The third kappa shape index (κ3) is 3.75. The molecule has 0 radical (unpaired) electrons. The highest BCUT2D eigenvalue weighted by molar-refractivity contribution is 9.13. The number of nitrogens with one attached hydrogen (secondary N) is 1. The van der Waals surface area contributed by atoms with Gasteiger partial charge in [0, 0.05) is 20.7 Å². The first-order valence-corrected chi connectivity index (χ1v) is 7.69. The van der Waals surface area contributed by atoms with E-state index in [-0.39, 0.29) is 12.6 Å². The first-order valence-electron chi connectivity index (χ1n) is 6.10. The molecule has 2 rings (SSSR count). The van der Waals surface area contributed by atoms with Gasteiger partial charge in [0.05, 0.1) is 19.8 Å². The highest BCUT2D eigenvalue weighted by Gasteiger charge is 2.12. The summed E-state index contributed by atoms with van der Waals surface area (Å²) in [6, 6.07) is 13.4. The van der Waals surface area contributed by atoms with E-state index in [1.54, 1.807) is 7.11 Å². The second-order valence-electron chi connectivity index (χ2n) is 4.28. The summed E-state index contributed by atoms with van der Waals surface area (Å²) in [6.45, 7) is 0.00524. The van der Waals surface area contributed by atoms with Gasteiger partial charge in [0.1, 0.15) is 5.75 Å². The minimum Gasteiger partial charge on any atom is -0.497 e. The van der Waals surface area contributed by atoms with E-state index in [0.29, 0.717) is 0 Å². The first-order chi connectivity index (χ1) is 9.63. The lowest BCUT2D eigenvalue weighted by molar-refractivity contribution is 0.276. The van der Waals surface area contributed by atoms with Gasteiger partial charge in [-0.1, -0.05) is 12.1 Å². The summed E-state index contributed by atoms with van der Waals surface area (Å²) in [7, 11) is 1.63. The van der Waals surface area contributed by atoms with Crippen LogP contribution in [0.3, 0.4) is 0 Å². The van der Waals surface area contributed by atoms with E-state index in [9.17, 15) is 5.11 Å². The maximum Gasteiger partial charge on any atom is 0.120 e. The second-order valence-corrected chi connectivity index (χ2v) is 5.99. The molecule has 0 fully saturated rings. The molecule has 1 atom stereocenters. The van der Waals surface area contributed by atoms with E-state index >= 15 is 0 Å². The molecule has 0 saturated carbocycles. The third-order valence-corrected chi connectivity index (χ3v) is 4.82. The molecule has 0 aliphatic rings. The van der Waals surface area contributed by atoms with Crippen LogP contribution in [0, 0.1) is 0 Å². The van der Waals surface area contributed by atoms with E-state index in [1.165, 1.54) is 0 Å². The number of anilines is 1. The van der Waals surface area contributed by atoms with Crippen molar-refractivity contribution in [1.82, 2.24) is 0 Å². The Kier molecular flexibility index (Phi) is 5.46. The molecular weight excluding hydrogens is 386 g/mol. The van der Waals surface area contributed by atoms with Gasteiger partial charge in [0.2, 0.25) is 0 Å². The molecule has 20 heavy (non-hydrogen) atoms. The van der Waals surface area contributed by atoms with Gasteiger partial charge in [0.25, 0.3) is 0 Å². The Hall–Kier alpha value is -1.04. The molecule has 0 aromatic heterocycles. The zero-order valence-electron chi connectivity index (χ0n) is 10.9. The van der Waals surface area contributed by atoms with Crippen LogP contribution in [0.1, 0.15) is 11.6 Å². The lowest BCUT2D eigenvalue weighted by atomic mass is 10.1. The van der Waals surface area contributed by atoms with Crippen molar-refractivity contribution in [2.24, 2.45) is 0 Å². The zero-order valence-corrected chi connectivity index (χ0v) is 14.1. The van der Waals surface area contributed by atoms with Crippen molar-refractivity contribution >= 4 is 37.5 Å². The van der Waals surface area contributed by atoms with Gasteiger partial charge >= 0.3 is 0 Å². The highest BCUT2D eigenvalue weighted by atomic mass is 79.9. The van der Waals surface area contributed by atoms with E-state index < -0.39 is 0 Å². The number of aliphatic hydroxyl groups is 1. The Morgan fingerprint density at radius 1 is 1.15 bits per heavy atom. The average Bonchev–Trinajstić information content (AvgIpc) is 2.48. The number of rotatable bonds is 5. The molecule has 2 aromatic rings. The molecule has 0 aliphatic heterocycles. The van der Waals surface area contributed by atoms with Crippen molar-refractivity contribution in [2.75, 3.05) is 19.0 Å². The lowest BCUT2D eigenvalue weighted by Crippen LogP contribution is -2.14. The van der Waals surface area contributed by atoms with Crippen LogP contribution in [0.4, 0.5) is 5.69 Å². The maximum absolute atomic E-state index is 9.61. The number of methoxy groups -OCH3 is 1. The van der Waals surface area contributed by atoms with Crippen LogP contribution in [-0.2, 0) is 0 Å². The van der Waals surface area contributed by atoms with Gasteiger partial charge < -0.3 is 15.2 Å². The smallest absolute Gasteiger partial charge is 0.120 e. The van der Waals surface area contributed by atoms with E-state index in [0.717, 1.165) is 25.9 Å². The first kappa shape index (κ1) is 15.4. The normalized spacial score (nSPS) is 12.0. The fourth-order valence-corrected chi connectivity index (χ4v) is 2.52. The molecular formula is C15H15Br2NO2. The summed E-state index contributed by atoms with van der Waals surface area (Å²) in [6.07, 6.45) is 0. The monoisotopic (exact) mass is 399 g/mol. The van der Waals surface area contributed by atoms with Crippen molar-refractivity contribution in [1.29, 1.82) is 0 Å². The Bertz CT molecular complexity index is 590. The predicted octanol–water partition coefficient (Wildman–Crippen LogP) is 4.37. The van der Waals surface area contributed by atoms with Crippen LogP contribution in [0.15, 0.2) is 51.4 Å². The van der Waals surface area contributed by atoms with Gasteiger partial charge in [-0.05, 0) is 61.7 Å². The number of ether oxygens (including phenoxy) is 1. The molecule has 106 valence electrons. The minimum absolute atomic E-state index is 0.00524. The quantitative estimate of drug-likeness (QED) is 0.783. The maximum atomic E-state index is 9.61. The topological polar surface area (TPSA) is 41.5 Å². The summed E-state index contributed by atoms with van der Waals surface area (Å²) >= 11 is 6.92. The molecule has 0 saturated heterocycles. The van der Waals surface area contributed by atoms with Crippen LogP contribution in [-0.4, -0.2) is 18.8 Å². The summed E-state index contributed by atoms with van der Waals surface area (Å²) in [5.74, 6) is 0.781. The molecule has 0 amide bonds. The van der Waals surface area contributed by atoms with Crippen molar-refractivity contribution in [3.8, 4) is 5.75 Å². The van der Waals surface area contributed by atoms with E-state index in [4.69, 9.17) is 4.74 Å². The molecule has 5 heteroatoms. The number of hydrogen-bond acceptors (Lipinski definition) is 3. The summed E-state index contributed by atoms with van der Waals surface area (Å²) in [5.41, 5.74) is 1.91. The third-order valence-electron chi connectivity index (χ3n) is 2.94. The molecule has 3 nitrogen and oxygen atoms in total. The molecule has 2 aromatic carbocycles. The number of hydrogen-bond donors (Lipinski definition) is 2. The van der Waals surface area contributed by atoms with Gasteiger partial charge in [-0.25, -0.2) is 0 Å². The summed E-state index contributed by atoms with van der Waals surface area (Å²) in [5, 5.41) is 12.9. The predicted molar refractivity (Wildman–Crippen MR) is 88.3 cm³/mol. The number of aliphatic hydroxyl groups excluding tert-OH is 1. The van der Waals surface area contributed by atoms with Crippen LogP contribution in [0.25, 0.3) is 0 Å². The van der Waals surface area contributed by atoms with Crippen LogP contribution in [0.2, 0.25) is 0 Å². The fourth-order valence-electron chi connectivity index (χ4n) is 1.88. The fraction of sp³-hybridized carbons (Fsp3) is 0.200. The molecule has 0 heterocycles. The summed E-state index contributed by atoms with van der Waals surface area (Å²) < 4.78 is 7.14. The van der Waals surface area contributed by atoms with Crippen molar-refractivity contribution < 1.29 is 9.84 Å². The molecule has 1 unspecified atom stereocenters. The second kappa shape index (κ2) is 7.11. The van der Waals surface area contributed by atoms with Gasteiger partial charge in [-0.3, -0.25) is 0 Å². The molecule has 2 N–H and O–H groups in total. The Morgan fingerprint density at radius 2 is 1.95 bits per heavy atom. The summed E-state index contributed by atoms with van der Waals surface area (Å²) in [4.78, 5) is 0. The molecule has 0 aliphatic carbocycles.